The van der Waals surface area contributed by atoms with Gasteiger partial charge in [0, 0.05) is 18.2 Å². The number of hydrogen-bond acceptors (Lipinski definition) is 10. The number of nitro benzene ring substituents is 1. The van der Waals surface area contributed by atoms with Gasteiger partial charge in [-0.05, 0) is 30.2 Å². The van der Waals surface area contributed by atoms with E-state index in [0.29, 0.717) is 23.5 Å². The third kappa shape index (κ3) is 3.35. The molecule has 0 unspecified atom stereocenters. The largest absolute Gasteiger partial charge is 0.493 e. The average molecular weight is 472 g/mol. The molecule has 34 heavy (non-hydrogen) atoms. The van der Waals surface area contributed by atoms with Crippen molar-refractivity contribution in [3.8, 4) is 11.5 Å². The SMILES string of the molecule is COC(=O)[C@@H]1O[C@]2(c3ccccc3[N+](=O)[O-])c3cc(OC)c(OC)cc3CCN2[C@H]1C(=O)OC. The highest BCUT2D eigenvalue weighted by atomic mass is 16.6. The number of nitrogens with zero attached hydrogens (tertiary/aromatic N) is 2. The van der Waals surface area contributed by atoms with Gasteiger partial charge in [0.05, 0.1) is 38.9 Å². The number of nitro groups is 1. The molecule has 0 N–H and O–H groups in total. The zero-order chi connectivity index (χ0) is 24.6. The summed E-state index contributed by atoms with van der Waals surface area (Å²) in [4.78, 5) is 38.8. The minimum atomic E-state index is -1.67. The smallest absolute Gasteiger partial charge is 0.337 e. The zero-order valence-electron chi connectivity index (χ0n) is 19.1. The summed E-state index contributed by atoms with van der Waals surface area (Å²) in [5, 5.41) is 12.0. The molecule has 3 atom stereocenters. The van der Waals surface area contributed by atoms with E-state index in [-0.39, 0.29) is 17.8 Å². The first-order valence-corrected chi connectivity index (χ1v) is 10.4. The summed E-state index contributed by atoms with van der Waals surface area (Å²) in [7, 11) is 5.35. The van der Waals surface area contributed by atoms with E-state index in [4.69, 9.17) is 23.7 Å². The second-order valence-corrected chi connectivity index (χ2v) is 7.76. The van der Waals surface area contributed by atoms with Crippen molar-refractivity contribution in [3.63, 3.8) is 0 Å². The Hall–Kier alpha value is -3.70. The van der Waals surface area contributed by atoms with E-state index in [0.717, 1.165) is 5.56 Å². The fourth-order valence-corrected chi connectivity index (χ4v) is 4.82. The van der Waals surface area contributed by atoms with Gasteiger partial charge in [-0.3, -0.25) is 19.8 Å². The van der Waals surface area contributed by atoms with Crippen molar-refractivity contribution in [1.29, 1.82) is 0 Å². The van der Waals surface area contributed by atoms with Gasteiger partial charge in [0.25, 0.3) is 5.69 Å². The number of ether oxygens (including phenoxy) is 5. The van der Waals surface area contributed by atoms with Crippen LogP contribution >= 0.6 is 0 Å². The number of esters is 2. The second kappa shape index (κ2) is 8.92. The molecule has 0 aromatic heterocycles. The molecule has 11 heteroatoms. The van der Waals surface area contributed by atoms with Crippen molar-refractivity contribution in [2.75, 3.05) is 35.0 Å². The lowest BCUT2D eigenvalue weighted by Gasteiger charge is -2.43. The first-order chi connectivity index (χ1) is 16.3. The van der Waals surface area contributed by atoms with Crippen LogP contribution in [0.3, 0.4) is 0 Å². The summed E-state index contributed by atoms with van der Waals surface area (Å²) in [6, 6.07) is 8.29. The molecule has 2 heterocycles. The Labute approximate surface area is 195 Å². The fraction of sp³-hybridized carbons (Fsp3) is 0.391. The molecular formula is C23H24N2O9. The van der Waals surface area contributed by atoms with Gasteiger partial charge in [0.2, 0.25) is 0 Å². The number of benzene rings is 2. The zero-order valence-corrected chi connectivity index (χ0v) is 19.1. The van der Waals surface area contributed by atoms with Crippen molar-refractivity contribution >= 4 is 17.6 Å². The summed E-state index contributed by atoms with van der Waals surface area (Å²) >= 11 is 0. The first kappa shape index (κ1) is 23.5. The molecule has 2 aliphatic rings. The Balaban J connectivity index is 2.08. The van der Waals surface area contributed by atoms with Gasteiger partial charge in [-0.2, -0.15) is 0 Å². The highest BCUT2D eigenvalue weighted by molar-refractivity contribution is 5.87. The Morgan fingerprint density at radius 1 is 1.03 bits per heavy atom. The highest BCUT2D eigenvalue weighted by Gasteiger charge is 2.63. The Morgan fingerprint density at radius 2 is 1.68 bits per heavy atom. The molecule has 1 fully saturated rings. The van der Waals surface area contributed by atoms with E-state index in [2.05, 4.69) is 0 Å². The van der Waals surface area contributed by atoms with Crippen LogP contribution < -0.4 is 9.47 Å². The molecule has 2 aliphatic heterocycles. The minimum Gasteiger partial charge on any atom is -0.493 e. The lowest BCUT2D eigenvalue weighted by molar-refractivity contribution is -0.387. The summed E-state index contributed by atoms with van der Waals surface area (Å²) in [5.74, 6) is -0.690. The van der Waals surface area contributed by atoms with Gasteiger partial charge in [-0.25, -0.2) is 4.79 Å². The summed E-state index contributed by atoms with van der Waals surface area (Å²) < 4.78 is 27.2. The standard InChI is InChI=1S/C23H24N2O9/c1-30-17-11-13-9-10-24-19(21(26)32-3)20(22(27)33-4)34-23(24,15(13)12-18(17)31-2)14-7-5-6-8-16(14)25(28)29/h5-8,11-12,19-20H,9-10H2,1-4H3/t19-,20-,23-/m1/s1. The Bertz CT molecular complexity index is 1150. The number of hydrogen-bond donors (Lipinski definition) is 0. The van der Waals surface area contributed by atoms with Crippen molar-refractivity contribution in [2.24, 2.45) is 0 Å². The Kier molecular flexibility index (Phi) is 6.15. The molecular weight excluding hydrogens is 448 g/mol. The third-order valence-electron chi connectivity index (χ3n) is 6.26. The molecule has 0 aliphatic carbocycles. The maximum atomic E-state index is 12.9. The van der Waals surface area contributed by atoms with Crippen molar-refractivity contribution in [3.05, 3.63) is 63.2 Å². The summed E-state index contributed by atoms with van der Waals surface area (Å²) in [5.41, 5.74) is -0.487. The van der Waals surface area contributed by atoms with E-state index in [1.54, 1.807) is 29.2 Å². The van der Waals surface area contributed by atoms with Crippen LogP contribution in [0.15, 0.2) is 36.4 Å². The highest BCUT2D eigenvalue weighted by Crippen LogP contribution is 2.53. The quantitative estimate of drug-likeness (QED) is 0.349. The van der Waals surface area contributed by atoms with E-state index >= 15 is 0 Å². The van der Waals surface area contributed by atoms with Crippen LogP contribution in [0.4, 0.5) is 5.69 Å². The number of carbonyl (C=O) groups excluding carboxylic acids is 2. The molecule has 4 rings (SSSR count). The van der Waals surface area contributed by atoms with Crippen LogP contribution in [0.1, 0.15) is 16.7 Å². The van der Waals surface area contributed by atoms with Crippen LogP contribution in [0, 0.1) is 10.1 Å². The van der Waals surface area contributed by atoms with Gasteiger partial charge in [0.1, 0.15) is 6.04 Å². The van der Waals surface area contributed by atoms with Gasteiger partial charge in [0.15, 0.2) is 23.3 Å². The number of rotatable bonds is 6. The van der Waals surface area contributed by atoms with Crippen LogP contribution in [0.5, 0.6) is 11.5 Å². The first-order valence-electron chi connectivity index (χ1n) is 10.4. The van der Waals surface area contributed by atoms with E-state index in [1.807, 2.05) is 0 Å². The van der Waals surface area contributed by atoms with Gasteiger partial charge < -0.3 is 23.7 Å². The maximum absolute atomic E-state index is 12.9. The fourth-order valence-electron chi connectivity index (χ4n) is 4.82. The Morgan fingerprint density at radius 3 is 2.29 bits per heavy atom. The molecule has 180 valence electrons. The van der Waals surface area contributed by atoms with E-state index in [1.165, 1.54) is 40.6 Å². The second-order valence-electron chi connectivity index (χ2n) is 7.76. The van der Waals surface area contributed by atoms with Crippen molar-refractivity contribution < 1.29 is 38.2 Å². The minimum absolute atomic E-state index is 0.161. The predicted molar refractivity (Wildman–Crippen MR) is 117 cm³/mol. The molecule has 2 aromatic rings. The molecule has 11 nitrogen and oxygen atoms in total. The van der Waals surface area contributed by atoms with Crippen LogP contribution in [0.25, 0.3) is 0 Å². The van der Waals surface area contributed by atoms with Crippen molar-refractivity contribution in [2.45, 2.75) is 24.3 Å². The molecule has 0 spiro atoms. The summed E-state index contributed by atoms with van der Waals surface area (Å²) in [6.45, 7) is 0.238. The van der Waals surface area contributed by atoms with Crippen molar-refractivity contribution in [1.82, 2.24) is 4.90 Å². The average Bonchev–Trinajstić information content (AvgIpc) is 3.23. The van der Waals surface area contributed by atoms with Crippen LogP contribution in [-0.2, 0) is 35.9 Å². The number of para-hydroxylation sites is 1. The predicted octanol–water partition coefficient (Wildman–Crippen LogP) is 1.78. The number of fused-ring (bicyclic) bond motifs is 3. The van der Waals surface area contributed by atoms with Crippen LogP contribution in [-0.4, -0.2) is 68.9 Å². The monoisotopic (exact) mass is 472 g/mol. The van der Waals surface area contributed by atoms with Crippen LogP contribution in [0.2, 0.25) is 0 Å². The number of carbonyl (C=O) groups is 2. The molecule has 0 bridgehead atoms. The third-order valence-corrected chi connectivity index (χ3v) is 6.26. The van der Waals surface area contributed by atoms with Gasteiger partial charge in [-0.15, -0.1) is 0 Å². The molecule has 0 saturated carbocycles. The summed E-state index contributed by atoms with van der Waals surface area (Å²) in [6.07, 6.45) is -0.945. The topological polar surface area (TPSA) is 127 Å². The van der Waals surface area contributed by atoms with Gasteiger partial charge >= 0.3 is 11.9 Å². The normalized spacial score (nSPS) is 23.4. The molecule has 2 aromatic carbocycles. The maximum Gasteiger partial charge on any atom is 0.337 e. The molecule has 1 saturated heterocycles. The van der Waals surface area contributed by atoms with E-state index < -0.39 is 34.7 Å². The number of methoxy groups -OCH3 is 4. The molecule has 0 amide bonds. The lowest BCUT2D eigenvalue weighted by atomic mass is 9.83. The lowest BCUT2D eigenvalue weighted by Crippen LogP contribution is -2.54. The van der Waals surface area contributed by atoms with Gasteiger partial charge in [-0.1, -0.05) is 12.1 Å². The van der Waals surface area contributed by atoms with E-state index in [9.17, 15) is 19.7 Å². The molecule has 0 radical (unpaired) electrons.